The van der Waals surface area contributed by atoms with Gasteiger partial charge in [0.25, 0.3) is 5.91 Å². The Morgan fingerprint density at radius 2 is 1.62 bits per heavy atom. The van der Waals surface area contributed by atoms with E-state index in [2.05, 4.69) is 20.3 Å². The second-order valence-electron chi connectivity index (χ2n) is 7.80. The summed E-state index contributed by atoms with van der Waals surface area (Å²) in [5.74, 6) is 1.18. The lowest BCUT2D eigenvalue weighted by atomic mass is 10.1. The van der Waals surface area contributed by atoms with Gasteiger partial charge in [0.15, 0.2) is 6.04 Å². The quantitative estimate of drug-likeness (QED) is 0.293. The van der Waals surface area contributed by atoms with Crippen LogP contribution in [-0.2, 0) is 4.79 Å². The topological polar surface area (TPSA) is 79.5 Å². The Bertz CT molecular complexity index is 1360. The summed E-state index contributed by atoms with van der Waals surface area (Å²) in [6.07, 6.45) is 0. The molecule has 0 bridgehead atoms. The second-order valence-corrected chi connectivity index (χ2v) is 8.64. The largest absolute Gasteiger partial charge is 0.457 e. The molecule has 0 saturated carbocycles. The maximum Gasteiger partial charge on any atom is 0.282 e. The summed E-state index contributed by atoms with van der Waals surface area (Å²) in [5.41, 5.74) is 4.18. The lowest BCUT2D eigenvalue weighted by Gasteiger charge is -2.08. The number of azo groups is 1. The number of hydrogen-bond donors (Lipinski definition) is 0. The van der Waals surface area contributed by atoms with Crippen LogP contribution in [0.15, 0.2) is 99.6 Å². The van der Waals surface area contributed by atoms with Crippen molar-refractivity contribution in [3.8, 4) is 22.8 Å². The molecule has 4 aromatic rings. The predicted octanol–water partition coefficient (Wildman–Crippen LogP) is 6.79. The highest BCUT2D eigenvalue weighted by Gasteiger charge is 2.36. The molecule has 0 aliphatic carbocycles. The average Bonchev–Trinajstić information content (AvgIpc) is 3.44. The van der Waals surface area contributed by atoms with Crippen LogP contribution in [0.1, 0.15) is 12.5 Å². The molecule has 34 heavy (non-hydrogen) atoms. The van der Waals surface area contributed by atoms with Gasteiger partial charge < -0.3 is 4.74 Å². The van der Waals surface area contributed by atoms with Gasteiger partial charge in [-0.15, -0.1) is 11.3 Å². The number of carbonyl (C=O) groups is 1. The summed E-state index contributed by atoms with van der Waals surface area (Å²) in [5, 5.41) is 16.7. The first-order valence-corrected chi connectivity index (χ1v) is 11.6. The number of hydrazone groups is 1. The first-order chi connectivity index (χ1) is 16.6. The van der Waals surface area contributed by atoms with E-state index < -0.39 is 6.04 Å². The van der Waals surface area contributed by atoms with Gasteiger partial charge in [0.2, 0.25) is 5.13 Å². The fraction of sp³-hybridized carbons (Fsp3) is 0.115. The summed E-state index contributed by atoms with van der Waals surface area (Å²) < 4.78 is 5.79. The fourth-order valence-electron chi connectivity index (χ4n) is 3.37. The van der Waals surface area contributed by atoms with Crippen LogP contribution in [0, 0.1) is 6.92 Å². The molecule has 1 atom stereocenters. The zero-order valence-corrected chi connectivity index (χ0v) is 19.4. The zero-order chi connectivity index (χ0) is 23.5. The van der Waals surface area contributed by atoms with Crippen LogP contribution < -0.4 is 9.75 Å². The third kappa shape index (κ3) is 4.62. The fourth-order valence-corrected chi connectivity index (χ4v) is 4.16. The van der Waals surface area contributed by atoms with Crippen LogP contribution in [0.25, 0.3) is 11.3 Å². The molecule has 1 aromatic heterocycles. The Balaban J connectivity index is 1.26. The monoisotopic (exact) mass is 467 g/mol. The van der Waals surface area contributed by atoms with E-state index in [4.69, 9.17) is 4.74 Å². The Labute approximate surface area is 201 Å². The van der Waals surface area contributed by atoms with Crippen molar-refractivity contribution in [2.24, 2.45) is 15.3 Å². The SMILES string of the molecule is CC1=NN(c2nc(-c3ccc(C)cc3)cs2)C(=O)[C@H]1N=Nc1ccc(Oc2ccccc2)cc1. The summed E-state index contributed by atoms with van der Waals surface area (Å²) >= 11 is 1.37. The Morgan fingerprint density at radius 1 is 0.912 bits per heavy atom. The maximum atomic E-state index is 13.0. The van der Waals surface area contributed by atoms with Gasteiger partial charge in [0.05, 0.1) is 17.1 Å². The van der Waals surface area contributed by atoms with Gasteiger partial charge in [-0.1, -0.05) is 48.0 Å². The number of carbonyl (C=O) groups excluding carboxylic acids is 1. The van der Waals surface area contributed by atoms with E-state index in [0.717, 1.165) is 17.0 Å². The van der Waals surface area contributed by atoms with E-state index in [1.54, 1.807) is 19.1 Å². The Hall–Kier alpha value is -4.17. The van der Waals surface area contributed by atoms with Crippen molar-refractivity contribution in [1.29, 1.82) is 0 Å². The first-order valence-electron chi connectivity index (χ1n) is 10.7. The third-order valence-electron chi connectivity index (χ3n) is 5.22. The first kappa shape index (κ1) is 21.7. The molecule has 1 amide bonds. The normalized spacial score (nSPS) is 15.7. The molecule has 7 nitrogen and oxygen atoms in total. The van der Waals surface area contributed by atoms with Crippen molar-refractivity contribution < 1.29 is 9.53 Å². The summed E-state index contributed by atoms with van der Waals surface area (Å²) in [4.78, 5) is 17.6. The van der Waals surface area contributed by atoms with Crippen LogP contribution in [0.2, 0.25) is 0 Å². The van der Waals surface area contributed by atoms with Gasteiger partial charge >= 0.3 is 0 Å². The van der Waals surface area contributed by atoms with Crippen LogP contribution in [0.5, 0.6) is 11.5 Å². The van der Waals surface area contributed by atoms with E-state index >= 15 is 0 Å². The number of ether oxygens (including phenoxy) is 1. The van der Waals surface area contributed by atoms with E-state index in [9.17, 15) is 4.79 Å². The predicted molar refractivity (Wildman–Crippen MR) is 134 cm³/mol. The molecule has 5 rings (SSSR count). The number of thiazole rings is 1. The van der Waals surface area contributed by atoms with E-state index in [1.165, 1.54) is 21.9 Å². The van der Waals surface area contributed by atoms with Crippen molar-refractivity contribution in [3.63, 3.8) is 0 Å². The minimum atomic E-state index is -0.771. The minimum Gasteiger partial charge on any atom is -0.457 e. The van der Waals surface area contributed by atoms with Gasteiger partial charge in [-0.3, -0.25) is 4.79 Å². The maximum absolute atomic E-state index is 13.0. The molecule has 1 aliphatic heterocycles. The Morgan fingerprint density at radius 3 is 2.35 bits per heavy atom. The van der Waals surface area contributed by atoms with Crippen LogP contribution in [0.4, 0.5) is 10.8 Å². The minimum absolute atomic E-state index is 0.268. The Kier molecular flexibility index (Phi) is 5.97. The molecule has 3 aromatic carbocycles. The van der Waals surface area contributed by atoms with Crippen molar-refractivity contribution in [2.75, 3.05) is 5.01 Å². The number of aryl methyl sites for hydroxylation is 1. The van der Waals surface area contributed by atoms with Gasteiger partial charge in [0, 0.05) is 10.9 Å². The van der Waals surface area contributed by atoms with E-state index in [1.807, 2.05) is 79.0 Å². The number of nitrogens with zero attached hydrogens (tertiary/aromatic N) is 5. The molecule has 1 aliphatic rings. The molecule has 0 unspecified atom stereocenters. The molecular formula is C26H21N5O2S. The van der Waals surface area contributed by atoms with Gasteiger partial charge in [-0.05, 0) is 50.2 Å². The number of rotatable bonds is 6. The van der Waals surface area contributed by atoms with E-state index in [-0.39, 0.29) is 5.91 Å². The second kappa shape index (κ2) is 9.36. The highest BCUT2D eigenvalue weighted by molar-refractivity contribution is 7.14. The van der Waals surface area contributed by atoms with E-state index in [0.29, 0.717) is 22.3 Å². The lowest BCUT2D eigenvalue weighted by molar-refractivity contribution is -0.117. The summed E-state index contributed by atoms with van der Waals surface area (Å²) in [7, 11) is 0. The smallest absolute Gasteiger partial charge is 0.282 e. The highest BCUT2D eigenvalue weighted by atomic mass is 32.1. The summed E-state index contributed by atoms with van der Waals surface area (Å²) in [6, 6.07) is 24.1. The van der Waals surface area contributed by atoms with Gasteiger partial charge in [-0.2, -0.15) is 20.3 Å². The van der Waals surface area contributed by atoms with Crippen LogP contribution in [-0.4, -0.2) is 22.6 Å². The number of aromatic nitrogens is 1. The number of anilines is 1. The zero-order valence-electron chi connectivity index (χ0n) is 18.6. The number of hydrogen-bond acceptors (Lipinski definition) is 7. The average molecular weight is 468 g/mol. The van der Waals surface area contributed by atoms with Crippen LogP contribution >= 0.6 is 11.3 Å². The molecule has 168 valence electrons. The lowest BCUT2D eigenvalue weighted by Crippen LogP contribution is -2.29. The van der Waals surface area contributed by atoms with Crippen molar-refractivity contribution in [1.82, 2.24) is 4.98 Å². The molecule has 0 fully saturated rings. The standard InChI is InChI=1S/C26H21N5O2S/c1-17-8-10-19(11-9-17)23-16-34-26(27-23)31-25(32)24(18(2)30-31)29-28-20-12-14-22(15-13-20)33-21-6-4-3-5-7-21/h3-16,24H,1-2H3/t24-/m0/s1. The molecule has 2 heterocycles. The van der Waals surface area contributed by atoms with Gasteiger partial charge in [-0.25, -0.2) is 4.98 Å². The molecule has 0 saturated heterocycles. The molecule has 0 spiro atoms. The number of benzene rings is 3. The van der Waals surface area contributed by atoms with Crippen molar-refractivity contribution >= 4 is 33.8 Å². The number of para-hydroxylation sites is 1. The van der Waals surface area contributed by atoms with Crippen molar-refractivity contribution in [2.45, 2.75) is 19.9 Å². The van der Waals surface area contributed by atoms with Crippen molar-refractivity contribution in [3.05, 3.63) is 89.8 Å². The molecule has 8 heteroatoms. The third-order valence-corrected chi connectivity index (χ3v) is 6.04. The highest BCUT2D eigenvalue weighted by Crippen LogP contribution is 2.31. The molecular weight excluding hydrogens is 446 g/mol. The van der Waals surface area contributed by atoms with Crippen LogP contribution in [0.3, 0.4) is 0 Å². The summed E-state index contributed by atoms with van der Waals surface area (Å²) in [6.45, 7) is 3.81. The number of amides is 1. The molecule has 0 N–H and O–H groups in total. The molecule has 0 radical (unpaired) electrons. The van der Waals surface area contributed by atoms with Gasteiger partial charge in [0.1, 0.15) is 11.5 Å².